The summed E-state index contributed by atoms with van der Waals surface area (Å²) in [6, 6.07) is 8.44. The van der Waals surface area contributed by atoms with Crippen LogP contribution in [0.25, 0.3) is 10.9 Å². The normalized spacial score (nSPS) is 21.6. The zero-order valence-corrected chi connectivity index (χ0v) is 11.3. The van der Waals surface area contributed by atoms with Crippen molar-refractivity contribution in [3.05, 3.63) is 30.5 Å². The van der Waals surface area contributed by atoms with E-state index in [-0.39, 0.29) is 6.04 Å². The fourth-order valence-electron chi connectivity index (χ4n) is 2.90. The number of hydrogen-bond donors (Lipinski definition) is 1. The van der Waals surface area contributed by atoms with E-state index in [1.165, 1.54) is 23.9 Å². The van der Waals surface area contributed by atoms with Crippen molar-refractivity contribution in [2.45, 2.75) is 25.8 Å². The molecule has 2 unspecified atom stereocenters. The summed E-state index contributed by atoms with van der Waals surface area (Å²) in [6.45, 7) is 4.21. The smallest absolute Gasteiger partial charge is 0.0950 e. The summed E-state index contributed by atoms with van der Waals surface area (Å²) in [7, 11) is 0. The van der Waals surface area contributed by atoms with Crippen molar-refractivity contribution in [2.24, 2.45) is 11.7 Å². The third-order valence-corrected chi connectivity index (χ3v) is 4.07. The number of aromatic nitrogens is 2. The number of fused-ring (bicyclic) bond motifs is 1. The van der Waals surface area contributed by atoms with Crippen molar-refractivity contribution >= 4 is 16.6 Å². The molecular weight excluding hydrogens is 236 g/mol. The molecule has 1 aromatic heterocycles. The highest BCUT2D eigenvalue weighted by Gasteiger charge is 2.24. The second kappa shape index (κ2) is 5.13. The lowest BCUT2D eigenvalue weighted by Gasteiger charge is -2.36. The van der Waals surface area contributed by atoms with Crippen molar-refractivity contribution in [3.63, 3.8) is 0 Å². The summed E-state index contributed by atoms with van der Waals surface area (Å²) in [4.78, 5) is 2.41. The summed E-state index contributed by atoms with van der Waals surface area (Å²) in [5, 5.41) is 9.51. The fraction of sp³-hybridized carbons (Fsp3) is 0.467. The van der Waals surface area contributed by atoms with E-state index in [4.69, 9.17) is 5.73 Å². The van der Waals surface area contributed by atoms with E-state index in [2.05, 4.69) is 34.2 Å². The van der Waals surface area contributed by atoms with Crippen LogP contribution >= 0.6 is 0 Å². The number of hydrogen-bond acceptors (Lipinski definition) is 4. The molecule has 0 bridgehead atoms. The second-order valence-electron chi connectivity index (χ2n) is 5.45. The maximum atomic E-state index is 6.07. The largest absolute Gasteiger partial charge is 0.369 e. The first-order chi connectivity index (χ1) is 9.25. The summed E-state index contributed by atoms with van der Waals surface area (Å²) < 4.78 is 0. The Balaban J connectivity index is 1.95. The van der Waals surface area contributed by atoms with Crippen molar-refractivity contribution in [1.82, 2.24) is 10.2 Å². The van der Waals surface area contributed by atoms with Gasteiger partial charge in [-0.1, -0.05) is 18.2 Å². The number of nitrogens with zero attached hydrogens (tertiary/aromatic N) is 3. The first kappa shape index (κ1) is 12.4. The van der Waals surface area contributed by atoms with E-state index in [1.807, 2.05) is 18.3 Å². The van der Waals surface area contributed by atoms with Gasteiger partial charge >= 0.3 is 0 Å². The van der Waals surface area contributed by atoms with Crippen LogP contribution in [0.1, 0.15) is 19.8 Å². The van der Waals surface area contributed by atoms with E-state index >= 15 is 0 Å². The molecule has 1 saturated heterocycles. The Kier molecular flexibility index (Phi) is 3.34. The minimum Gasteiger partial charge on any atom is -0.369 e. The zero-order valence-electron chi connectivity index (χ0n) is 11.3. The molecular formula is C15H20N4. The Morgan fingerprint density at radius 3 is 3.05 bits per heavy atom. The Labute approximate surface area is 113 Å². The molecule has 4 heteroatoms. The van der Waals surface area contributed by atoms with Gasteiger partial charge < -0.3 is 10.6 Å². The molecule has 0 saturated carbocycles. The topological polar surface area (TPSA) is 55.0 Å². The van der Waals surface area contributed by atoms with Gasteiger partial charge in [0.25, 0.3) is 0 Å². The van der Waals surface area contributed by atoms with Crippen LogP contribution in [0, 0.1) is 5.92 Å². The van der Waals surface area contributed by atoms with Crippen molar-refractivity contribution in [1.29, 1.82) is 0 Å². The van der Waals surface area contributed by atoms with E-state index in [0.717, 1.165) is 18.6 Å². The van der Waals surface area contributed by atoms with Crippen molar-refractivity contribution in [3.8, 4) is 0 Å². The molecule has 2 atom stereocenters. The number of benzene rings is 1. The maximum Gasteiger partial charge on any atom is 0.0950 e. The van der Waals surface area contributed by atoms with Crippen LogP contribution in [0.4, 0.5) is 5.69 Å². The van der Waals surface area contributed by atoms with Gasteiger partial charge in [-0.25, -0.2) is 0 Å². The molecule has 0 aliphatic carbocycles. The summed E-state index contributed by atoms with van der Waals surface area (Å²) >= 11 is 0. The van der Waals surface area contributed by atoms with Crippen molar-refractivity contribution in [2.75, 3.05) is 18.0 Å². The summed E-state index contributed by atoms with van der Waals surface area (Å²) in [5.74, 6) is 0.570. The molecule has 2 N–H and O–H groups in total. The lowest BCUT2D eigenvalue weighted by Crippen LogP contribution is -2.42. The average molecular weight is 256 g/mol. The van der Waals surface area contributed by atoms with Crippen LogP contribution in [0.3, 0.4) is 0 Å². The second-order valence-corrected chi connectivity index (χ2v) is 5.45. The van der Waals surface area contributed by atoms with Gasteiger partial charge in [-0.3, -0.25) is 0 Å². The molecule has 0 amide bonds. The van der Waals surface area contributed by atoms with Gasteiger partial charge in [-0.05, 0) is 31.7 Å². The van der Waals surface area contributed by atoms with Crippen LogP contribution in [-0.2, 0) is 0 Å². The molecule has 2 heterocycles. The van der Waals surface area contributed by atoms with Gasteiger partial charge in [0.15, 0.2) is 0 Å². The predicted molar refractivity (Wildman–Crippen MR) is 78.1 cm³/mol. The third-order valence-electron chi connectivity index (χ3n) is 4.07. The SMILES string of the molecule is CC(N)C1CCCN(c2cnnc3ccccc23)C1. The number of nitrogens with two attached hydrogens (primary N) is 1. The Morgan fingerprint density at radius 1 is 1.37 bits per heavy atom. The minimum atomic E-state index is 0.254. The standard InChI is InChI=1S/C15H20N4/c1-11(16)12-5-4-8-19(10-12)15-9-17-18-14-7-3-2-6-13(14)15/h2-3,6-7,9,11-12H,4-5,8,10,16H2,1H3. The lowest BCUT2D eigenvalue weighted by molar-refractivity contribution is 0.364. The fourth-order valence-corrected chi connectivity index (χ4v) is 2.90. The number of piperidine rings is 1. The average Bonchev–Trinajstić information content (AvgIpc) is 2.47. The van der Waals surface area contributed by atoms with Crippen LogP contribution in [0.15, 0.2) is 30.5 Å². The van der Waals surface area contributed by atoms with Gasteiger partial charge in [-0.2, -0.15) is 10.2 Å². The summed E-state index contributed by atoms with van der Waals surface area (Å²) in [6.07, 6.45) is 4.30. The lowest BCUT2D eigenvalue weighted by atomic mass is 9.92. The summed E-state index contributed by atoms with van der Waals surface area (Å²) in [5.41, 5.74) is 8.22. The molecule has 0 radical (unpaired) electrons. The van der Waals surface area contributed by atoms with E-state index in [1.54, 1.807) is 0 Å². The highest BCUT2D eigenvalue weighted by atomic mass is 15.2. The highest BCUT2D eigenvalue weighted by molar-refractivity contribution is 5.90. The molecule has 100 valence electrons. The zero-order chi connectivity index (χ0) is 13.2. The van der Waals surface area contributed by atoms with Crippen molar-refractivity contribution < 1.29 is 0 Å². The van der Waals surface area contributed by atoms with Crippen LogP contribution in [0.5, 0.6) is 0 Å². The molecule has 0 spiro atoms. The molecule has 2 aromatic rings. The minimum absolute atomic E-state index is 0.254. The van der Waals surface area contributed by atoms with Crippen LogP contribution in [-0.4, -0.2) is 29.3 Å². The quantitative estimate of drug-likeness (QED) is 0.895. The predicted octanol–water partition coefficient (Wildman–Crippen LogP) is 2.19. The third kappa shape index (κ3) is 2.40. The van der Waals surface area contributed by atoms with Gasteiger partial charge in [0.2, 0.25) is 0 Å². The number of rotatable bonds is 2. The van der Waals surface area contributed by atoms with Gasteiger partial charge in [0, 0.05) is 24.5 Å². The van der Waals surface area contributed by atoms with E-state index < -0.39 is 0 Å². The Hall–Kier alpha value is -1.68. The first-order valence-corrected chi connectivity index (χ1v) is 6.96. The highest BCUT2D eigenvalue weighted by Crippen LogP contribution is 2.29. The maximum absolute atomic E-state index is 6.07. The Morgan fingerprint density at radius 2 is 2.21 bits per heavy atom. The molecule has 1 aliphatic rings. The molecule has 1 fully saturated rings. The van der Waals surface area contributed by atoms with Gasteiger partial charge in [0.1, 0.15) is 0 Å². The molecule has 3 rings (SSSR count). The molecule has 1 aromatic carbocycles. The first-order valence-electron chi connectivity index (χ1n) is 6.96. The van der Waals surface area contributed by atoms with E-state index in [0.29, 0.717) is 5.92 Å². The van der Waals surface area contributed by atoms with Gasteiger partial charge in [0.05, 0.1) is 17.4 Å². The van der Waals surface area contributed by atoms with Crippen LogP contribution < -0.4 is 10.6 Å². The molecule has 4 nitrogen and oxygen atoms in total. The van der Waals surface area contributed by atoms with E-state index in [9.17, 15) is 0 Å². The molecule has 1 aliphatic heterocycles. The van der Waals surface area contributed by atoms with Gasteiger partial charge in [-0.15, -0.1) is 0 Å². The Bertz CT molecular complexity index is 562. The number of anilines is 1. The monoisotopic (exact) mass is 256 g/mol. The molecule has 19 heavy (non-hydrogen) atoms. The van der Waals surface area contributed by atoms with Crippen LogP contribution in [0.2, 0.25) is 0 Å².